The minimum atomic E-state index is -0.173. The molecule has 0 aliphatic carbocycles. The van der Waals surface area contributed by atoms with Gasteiger partial charge in [-0.25, -0.2) is 4.98 Å². The third kappa shape index (κ3) is 3.04. The number of H-pyrrole nitrogens is 1. The Kier molecular flexibility index (Phi) is 3.70. The molecule has 0 atom stereocenters. The molecule has 0 saturated carbocycles. The van der Waals surface area contributed by atoms with Crippen LogP contribution in [0, 0.1) is 0 Å². The maximum atomic E-state index is 12.0. The molecule has 1 aromatic carbocycles. The van der Waals surface area contributed by atoms with E-state index in [0.29, 0.717) is 23.6 Å². The number of anilines is 2. The number of carbonyl (C=O) groups excluding carboxylic acids is 1. The summed E-state index contributed by atoms with van der Waals surface area (Å²) in [6.07, 6.45) is 3.36. The second-order valence-electron chi connectivity index (χ2n) is 4.39. The van der Waals surface area contributed by atoms with Gasteiger partial charge in [-0.2, -0.15) is 0 Å². The number of hydrogen-bond acceptors (Lipinski definition) is 4. The zero-order chi connectivity index (χ0) is 13.8. The molecule has 6 nitrogen and oxygen atoms in total. The number of nitrogens with zero attached hydrogens (tertiary/aromatic N) is 2. The first-order valence-electron chi connectivity index (χ1n) is 5.91. The van der Waals surface area contributed by atoms with Crippen LogP contribution in [0.1, 0.15) is 16.2 Å². The summed E-state index contributed by atoms with van der Waals surface area (Å²) in [6.45, 7) is 0.362. The number of aromatic nitrogens is 2. The number of amides is 1. The second kappa shape index (κ2) is 5.43. The molecule has 0 spiro atoms. The van der Waals surface area contributed by atoms with Gasteiger partial charge in [-0.3, -0.25) is 4.79 Å². The van der Waals surface area contributed by atoms with E-state index in [0.717, 1.165) is 5.69 Å². The van der Waals surface area contributed by atoms with Crippen molar-refractivity contribution in [2.24, 2.45) is 0 Å². The van der Waals surface area contributed by atoms with Crippen molar-refractivity contribution in [1.82, 2.24) is 15.3 Å². The van der Waals surface area contributed by atoms with Crippen molar-refractivity contribution in [3.05, 3.63) is 42.0 Å². The highest BCUT2D eigenvalue weighted by atomic mass is 16.1. The van der Waals surface area contributed by atoms with Crippen LogP contribution in [0.2, 0.25) is 0 Å². The lowest BCUT2D eigenvalue weighted by molar-refractivity contribution is 0.0950. The molecule has 0 bridgehead atoms. The van der Waals surface area contributed by atoms with E-state index in [2.05, 4.69) is 15.3 Å². The van der Waals surface area contributed by atoms with Crippen LogP contribution in [-0.4, -0.2) is 30.0 Å². The van der Waals surface area contributed by atoms with Crippen molar-refractivity contribution in [2.75, 3.05) is 24.7 Å². The summed E-state index contributed by atoms with van der Waals surface area (Å²) in [5, 5.41) is 2.78. The average molecular weight is 259 g/mol. The van der Waals surface area contributed by atoms with Gasteiger partial charge >= 0.3 is 0 Å². The Labute approximate surface area is 111 Å². The Bertz CT molecular complexity index is 562. The van der Waals surface area contributed by atoms with Crippen molar-refractivity contribution in [1.29, 1.82) is 0 Å². The monoisotopic (exact) mass is 259 g/mol. The van der Waals surface area contributed by atoms with Gasteiger partial charge in [0.1, 0.15) is 5.82 Å². The molecule has 100 valence electrons. The standard InChI is InChI=1S/C13H17N5O/c1-18(2)11-4-3-9(7-10(11)14)13(19)17-8-12-15-5-6-16-12/h3-7H,8,14H2,1-2H3,(H,15,16)(H,17,19). The van der Waals surface area contributed by atoms with Crippen LogP contribution in [0.4, 0.5) is 11.4 Å². The zero-order valence-corrected chi connectivity index (χ0v) is 11.0. The van der Waals surface area contributed by atoms with Crippen molar-refractivity contribution in [3.8, 4) is 0 Å². The van der Waals surface area contributed by atoms with E-state index in [9.17, 15) is 4.79 Å². The maximum absolute atomic E-state index is 12.0. The molecule has 2 aromatic rings. The molecule has 1 amide bonds. The minimum absolute atomic E-state index is 0.173. The molecule has 2 rings (SSSR count). The van der Waals surface area contributed by atoms with Crippen LogP contribution in [-0.2, 0) is 6.54 Å². The lowest BCUT2D eigenvalue weighted by Gasteiger charge is -2.15. The molecule has 6 heteroatoms. The van der Waals surface area contributed by atoms with E-state index in [1.54, 1.807) is 24.5 Å². The summed E-state index contributed by atoms with van der Waals surface area (Å²) in [5.74, 6) is 0.541. The van der Waals surface area contributed by atoms with Crippen molar-refractivity contribution < 1.29 is 4.79 Å². The molecule has 19 heavy (non-hydrogen) atoms. The number of aromatic amines is 1. The van der Waals surface area contributed by atoms with E-state index in [1.165, 1.54) is 0 Å². The smallest absolute Gasteiger partial charge is 0.251 e. The fraction of sp³-hybridized carbons (Fsp3) is 0.231. The van der Waals surface area contributed by atoms with E-state index in [1.807, 2.05) is 25.1 Å². The molecule has 0 aliphatic rings. The summed E-state index contributed by atoms with van der Waals surface area (Å²) in [5.41, 5.74) is 7.92. The third-order valence-corrected chi connectivity index (χ3v) is 2.74. The Balaban J connectivity index is 2.05. The fourth-order valence-corrected chi connectivity index (χ4v) is 1.76. The quantitative estimate of drug-likeness (QED) is 0.714. The predicted octanol–water partition coefficient (Wildman–Crippen LogP) is 0.988. The number of carbonyl (C=O) groups is 1. The molecule has 0 radical (unpaired) electrons. The van der Waals surface area contributed by atoms with Gasteiger partial charge in [0.25, 0.3) is 5.91 Å². The molecule has 0 fully saturated rings. The summed E-state index contributed by atoms with van der Waals surface area (Å²) < 4.78 is 0. The van der Waals surface area contributed by atoms with Gasteiger partial charge in [-0.05, 0) is 18.2 Å². The van der Waals surface area contributed by atoms with E-state index >= 15 is 0 Å². The largest absolute Gasteiger partial charge is 0.397 e. The molecule has 0 aliphatic heterocycles. The SMILES string of the molecule is CN(C)c1ccc(C(=O)NCc2ncc[nH]2)cc1N. The van der Waals surface area contributed by atoms with E-state index in [4.69, 9.17) is 5.73 Å². The summed E-state index contributed by atoms with van der Waals surface area (Å²) in [6, 6.07) is 5.26. The van der Waals surface area contributed by atoms with Gasteiger partial charge in [-0.1, -0.05) is 0 Å². The molecular weight excluding hydrogens is 242 g/mol. The van der Waals surface area contributed by atoms with Crippen LogP contribution in [0.5, 0.6) is 0 Å². The molecular formula is C13H17N5O. The van der Waals surface area contributed by atoms with Gasteiger partial charge in [0.05, 0.1) is 17.9 Å². The van der Waals surface area contributed by atoms with Gasteiger partial charge in [0, 0.05) is 32.1 Å². The van der Waals surface area contributed by atoms with Gasteiger partial charge in [0.15, 0.2) is 0 Å². The second-order valence-corrected chi connectivity index (χ2v) is 4.39. The first-order valence-corrected chi connectivity index (χ1v) is 5.91. The summed E-state index contributed by atoms with van der Waals surface area (Å²) >= 11 is 0. The maximum Gasteiger partial charge on any atom is 0.251 e. The predicted molar refractivity (Wildman–Crippen MR) is 74.9 cm³/mol. The zero-order valence-electron chi connectivity index (χ0n) is 11.0. The van der Waals surface area contributed by atoms with Crippen LogP contribution < -0.4 is 16.0 Å². The normalized spacial score (nSPS) is 10.2. The molecule has 0 saturated heterocycles. The van der Waals surface area contributed by atoms with Crippen molar-refractivity contribution >= 4 is 17.3 Å². The van der Waals surface area contributed by atoms with E-state index in [-0.39, 0.29) is 5.91 Å². The van der Waals surface area contributed by atoms with Crippen LogP contribution >= 0.6 is 0 Å². The molecule has 1 aromatic heterocycles. The van der Waals surface area contributed by atoms with Crippen LogP contribution in [0.25, 0.3) is 0 Å². The number of imidazole rings is 1. The topological polar surface area (TPSA) is 87.0 Å². The Morgan fingerprint density at radius 2 is 2.26 bits per heavy atom. The van der Waals surface area contributed by atoms with Crippen molar-refractivity contribution in [2.45, 2.75) is 6.54 Å². The highest BCUT2D eigenvalue weighted by molar-refractivity contribution is 5.96. The number of rotatable bonds is 4. The van der Waals surface area contributed by atoms with Gasteiger partial charge < -0.3 is 20.9 Å². The van der Waals surface area contributed by atoms with Crippen LogP contribution in [0.3, 0.4) is 0 Å². The molecule has 4 N–H and O–H groups in total. The Morgan fingerprint density at radius 1 is 1.47 bits per heavy atom. The highest BCUT2D eigenvalue weighted by Gasteiger charge is 2.09. The lowest BCUT2D eigenvalue weighted by Crippen LogP contribution is -2.23. The highest BCUT2D eigenvalue weighted by Crippen LogP contribution is 2.22. The third-order valence-electron chi connectivity index (χ3n) is 2.74. The lowest BCUT2D eigenvalue weighted by atomic mass is 10.1. The average Bonchev–Trinajstić information content (AvgIpc) is 2.88. The number of nitrogen functional groups attached to an aromatic ring is 1. The molecule has 0 unspecified atom stereocenters. The number of nitrogens with one attached hydrogen (secondary N) is 2. The number of benzene rings is 1. The van der Waals surface area contributed by atoms with Crippen molar-refractivity contribution in [3.63, 3.8) is 0 Å². The Morgan fingerprint density at radius 3 is 2.84 bits per heavy atom. The Hall–Kier alpha value is -2.50. The van der Waals surface area contributed by atoms with Gasteiger partial charge in [0.2, 0.25) is 0 Å². The van der Waals surface area contributed by atoms with E-state index < -0.39 is 0 Å². The number of nitrogens with two attached hydrogens (primary N) is 1. The fourth-order valence-electron chi connectivity index (χ4n) is 1.76. The molecule has 1 heterocycles. The first kappa shape index (κ1) is 12.9. The number of hydrogen-bond donors (Lipinski definition) is 3. The summed E-state index contributed by atoms with van der Waals surface area (Å²) in [4.78, 5) is 20.8. The van der Waals surface area contributed by atoms with Crippen LogP contribution in [0.15, 0.2) is 30.6 Å². The summed E-state index contributed by atoms with van der Waals surface area (Å²) in [7, 11) is 3.81. The van der Waals surface area contributed by atoms with Gasteiger partial charge in [-0.15, -0.1) is 0 Å². The first-order chi connectivity index (χ1) is 9.08. The minimum Gasteiger partial charge on any atom is -0.397 e.